The number of aryl methyl sites for hydroxylation is 1. The van der Waals surface area contributed by atoms with Crippen LogP contribution in [0.3, 0.4) is 0 Å². The molecule has 2 heteroatoms. The van der Waals surface area contributed by atoms with Crippen LogP contribution >= 0.6 is 0 Å². The second-order valence-electron chi connectivity index (χ2n) is 10.6. The Morgan fingerprint density at radius 2 is 1.56 bits per heavy atom. The lowest BCUT2D eigenvalue weighted by Gasteiger charge is -2.39. The number of hydrogen-bond donors (Lipinski definition) is 0. The Hall–Kier alpha value is -1.70. The highest BCUT2D eigenvalue weighted by atomic mass is 19.2. The highest BCUT2D eigenvalue weighted by molar-refractivity contribution is 5.85. The van der Waals surface area contributed by atoms with Gasteiger partial charge < -0.3 is 0 Å². The van der Waals surface area contributed by atoms with E-state index in [1.807, 2.05) is 18.2 Å². The number of hydrogen-bond acceptors (Lipinski definition) is 0. The van der Waals surface area contributed by atoms with Crippen molar-refractivity contribution in [1.29, 1.82) is 0 Å². The van der Waals surface area contributed by atoms with Crippen molar-refractivity contribution in [2.75, 3.05) is 0 Å². The molecule has 0 heterocycles. The fraction of sp³-hybridized carbons (Fsp3) is 0.600. The van der Waals surface area contributed by atoms with E-state index in [-0.39, 0.29) is 5.92 Å². The Kier molecular flexibility index (Phi) is 7.69. The Morgan fingerprint density at radius 1 is 0.906 bits per heavy atom. The van der Waals surface area contributed by atoms with Crippen molar-refractivity contribution >= 4 is 10.8 Å². The van der Waals surface area contributed by atoms with Gasteiger partial charge in [-0.15, -0.1) is 0 Å². The average molecular weight is 439 g/mol. The SMILES string of the molecule is C/C=C/C1CCC(C2CCC(C(C)c3cc4ccc(CCC)cc4c(F)c3F)CC2)CC1. The summed E-state index contributed by atoms with van der Waals surface area (Å²) in [6.07, 6.45) is 16.7. The molecule has 2 aromatic carbocycles. The van der Waals surface area contributed by atoms with Gasteiger partial charge in [0, 0.05) is 5.39 Å². The topological polar surface area (TPSA) is 0 Å². The number of halogens is 2. The molecule has 32 heavy (non-hydrogen) atoms. The molecule has 4 rings (SSSR count). The van der Waals surface area contributed by atoms with Crippen LogP contribution in [-0.4, -0.2) is 0 Å². The molecule has 174 valence electrons. The third-order valence-corrected chi connectivity index (χ3v) is 8.61. The van der Waals surface area contributed by atoms with Crippen molar-refractivity contribution in [2.24, 2.45) is 23.7 Å². The first-order valence-corrected chi connectivity index (χ1v) is 13.0. The van der Waals surface area contributed by atoms with Crippen molar-refractivity contribution < 1.29 is 8.78 Å². The molecule has 0 bridgehead atoms. The number of allylic oxidation sites excluding steroid dienone is 2. The third-order valence-electron chi connectivity index (χ3n) is 8.61. The van der Waals surface area contributed by atoms with Crippen LogP contribution in [0.5, 0.6) is 0 Å². The van der Waals surface area contributed by atoms with Crippen LogP contribution in [0.25, 0.3) is 10.8 Å². The van der Waals surface area contributed by atoms with Crippen LogP contribution in [-0.2, 0) is 6.42 Å². The van der Waals surface area contributed by atoms with Gasteiger partial charge in [-0.05, 0) is 123 Å². The molecular formula is C30H40F2. The largest absolute Gasteiger partial charge is 0.203 e. The third kappa shape index (κ3) is 4.95. The molecule has 0 aliphatic heterocycles. The van der Waals surface area contributed by atoms with Crippen LogP contribution < -0.4 is 0 Å². The minimum atomic E-state index is -0.658. The van der Waals surface area contributed by atoms with Gasteiger partial charge in [0.25, 0.3) is 0 Å². The van der Waals surface area contributed by atoms with E-state index >= 15 is 8.78 Å². The first-order chi connectivity index (χ1) is 15.5. The maximum atomic E-state index is 15.1. The molecule has 0 amide bonds. The molecule has 2 fully saturated rings. The first kappa shape index (κ1) is 23.5. The van der Waals surface area contributed by atoms with Gasteiger partial charge in [0.2, 0.25) is 0 Å². The summed E-state index contributed by atoms with van der Waals surface area (Å²) in [6.45, 7) is 6.35. The molecule has 0 radical (unpaired) electrons. The summed E-state index contributed by atoms with van der Waals surface area (Å²) >= 11 is 0. The number of fused-ring (bicyclic) bond motifs is 1. The van der Waals surface area contributed by atoms with E-state index < -0.39 is 11.6 Å². The molecule has 2 aliphatic rings. The van der Waals surface area contributed by atoms with Crippen molar-refractivity contribution in [3.05, 3.63) is 59.2 Å². The van der Waals surface area contributed by atoms with Gasteiger partial charge in [0.15, 0.2) is 11.6 Å². The van der Waals surface area contributed by atoms with E-state index in [2.05, 4.69) is 39.0 Å². The van der Waals surface area contributed by atoms with E-state index in [4.69, 9.17) is 0 Å². The Balaban J connectivity index is 1.42. The van der Waals surface area contributed by atoms with E-state index in [1.54, 1.807) is 0 Å². The van der Waals surface area contributed by atoms with Crippen molar-refractivity contribution in [1.82, 2.24) is 0 Å². The van der Waals surface area contributed by atoms with Crippen LogP contribution in [0.1, 0.15) is 95.6 Å². The van der Waals surface area contributed by atoms with Crippen LogP contribution in [0.15, 0.2) is 36.4 Å². The summed E-state index contributed by atoms with van der Waals surface area (Å²) in [5.74, 6) is 1.74. The van der Waals surface area contributed by atoms with Gasteiger partial charge in [-0.1, -0.05) is 44.6 Å². The average Bonchev–Trinajstić information content (AvgIpc) is 2.82. The highest BCUT2D eigenvalue weighted by Gasteiger charge is 2.33. The summed E-state index contributed by atoms with van der Waals surface area (Å²) in [5.41, 5.74) is 1.66. The molecule has 2 saturated carbocycles. The number of rotatable bonds is 6. The Morgan fingerprint density at radius 3 is 2.19 bits per heavy atom. The summed E-state index contributed by atoms with van der Waals surface area (Å²) in [5, 5.41) is 1.26. The van der Waals surface area contributed by atoms with E-state index in [0.29, 0.717) is 16.9 Å². The van der Waals surface area contributed by atoms with Crippen molar-refractivity contribution in [2.45, 2.75) is 90.9 Å². The molecule has 1 atom stereocenters. The maximum Gasteiger partial charge on any atom is 0.166 e. The van der Waals surface area contributed by atoms with Crippen LogP contribution in [0.2, 0.25) is 0 Å². The van der Waals surface area contributed by atoms with E-state index in [0.717, 1.165) is 54.4 Å². The van der Waals surface area contributed by atoms with Crippen LogP contribution in [0.4, 0.5) is 8.78 Å². The minimum Gasteiger partial charge on any atom is -0.203 e. The second-order valence-corrected chi connectivity index (χ2v) is 10.6. The predicted octanol–water partition coefficient (Wildman–Crippen LogP) is 9.36. The van der Waals surface area contributed by atoms with Gasteiger partial charge in [-0.2, -0.15) is 0 Å². The van der Waals surface area contributed by atoms with Gasteiger partial charge in [-0.25, -0.2) is 8.78 Å². The fourth-order valence-corrected chi connectivity index (χ4v) is 6.62. The monoisotopic (exact) mass is 438 g/mol. The van der Waals surface area contributed by atoms with E-state index in [1.165, 1.54) is 38.5 Å². The summed E-state index contributed by atoms with van der Waals surface area (Å²) in [7, 11) is 0. The van der Waals surface area contributed by atoms with E-state index in [9.17, 15) is 0 Å². The smallest absolute Gasteiger partial charge is 0.166 e. The Bertz CT molecular complexity index is 927. The number of benzene rings is 2. The summed E-state index contributed by atoms with van der Waals surface area (Å²) in [4.78, 5) is 0. The van der Waals surface area contributed by atoms with Gasteiger partial charge in [0.1, 0.15) is 0 Å². The quantitative estimate of drug-likeness (QED) is 0.394. The minimum absolute atomic E-state index is 0.0654. The first-order valence-electron chi connectivity index (χ1n) is 13.0. The molecule has 0 N–H and O–H groups in total. The molecule has 2 aromatic rings. The predicted molar refractivity (Wildman–Crippen MR) is 132 cm³/mol. The lowest BCUT2D eigenvalue weighted by molar-refractivity contribution is 0.147. The molecule has 0 saturated heterocycles. The summed E-state index contributed by atoms with van der Waals surface area (Å²) in [6, 6.07) is 7.79. The molecular weight excluding hydrogens is 398 g/mol. The van der Waals surface area contributed by atoms with Crippen molar-refractivity contribution in [3.63, 3.8) is 0 Å². The zero-order chi connectivity index (χ0) is 22.7. The molecule has 0 aromatic heterocycles. The van der Waals surface area contributed by atoms with Gasteiger partial charge in [-0.3, -0.25) is 0 Å². The Labute approximate surface area is 193 Å². The molecule has 2 aliphatic carbocycles. The summed E-state index contributed by atoms with van der Waals surface area (Å²) < 4.78 is 30.2. The molecule has 0 nitrogen and oxygen atoms in total. The second kappa shape index (κ2) is 10.5. The van der Waals surface area contributed by atoms with Crippen LogP contribution in [0, 0.1) is 35.3 Å². The zero-order valence-electron chi connectivity index (χ0n) is 20.2. The zero-order valence-corrected chi connectivity index (χ0v) is 20.2. The highest BCUT2D eigenvalue weighted by Crippen LogP contribution is 2.45. The molecule has 1 unspecified atom stereocenters. The standard InChI is InChI=1S/C30H40F2/c1-4-6-21-8-11-24(12-9-21)25-16-14-23(15-17-25)20(3)27-19-26-13-10-22(7-5-2)18-28(26)30(32)29(27)31/h4,6,10,13,18-21,23-25H,5,7-9,11-12,14-17H2,1-3H3/b6-4+. The molecule has 0 spiro atoms. The fourth-order valence-electron chi connectivity index (χ4n) is 6.62. The lowest BCUT2D eigenvalue weighted by atomic mass is 9.67. The van der Waals surface area contributed by atoms with Crippen molar-refractivity contribution in [3.8, 4) is 0 Å². The lowest BCUT2D eigenvalue weighted by Crippen LogP contribution is -2.27. The van der Waals surface area contributed by atoms with Gasteiger partial charge >= 0.3 is 0 Å². The van der Waals surface area contributed by atoms with Gasteiger partial charge in [0.05, 0.1) is 0 Å². The maximum absolute atomic E-state index is 15.1. The normalized spacial score (nSPS) is 27.8.